The van der Waals surface area contributed by atoms with Crippen LogP contribution in [0.4, 0.5) is 5.95 Å². The molecule has 1 aromatic heterocycles. The van der Waals surface area contributed by atoms with Crippen LogP contribution in [0.5, 0.6) is 0 Å². The van der Waals surface area contributed by atoms with Gasteiger partial charge in [-0.2, -0.15) is 4.98 Å². The molecule has 0 spiro atoms. The molecule has 108 valence electrons. The summed E-state index contributed by atoms with van der Waals surface area (Å²) in [5.74, 6) is 1.26. The Hall–Kier alpha value is -1.88. The molecule has 5 heteroatoms. The summed E-state index contributed by atoms with van der Waals surface area (Å²) < 4.78 is 5.43. The molecular weight excluding hydrogens is 252 g/mol. The first-order valence-corrected chi connectivity index (χ1v) is 7.11. The number of likely N-dealkylation sites (N-methyl/N-ethyl adjacent to an activating group) is 1. The summed E-state index contributed by atoms with van der Waals surface area (Å²) >= 11 is 0. The minimum atomic E-state index is 0.596. The largest absolute Gasteiger partial charge is 0.339 e. The Balaban J connectivity index is 2.27. The first-order valence-electron chi connectivity index (χ1n) is 7.11. The van der Waals surface area contributed by atoms with Gasteiger partial charge in [-0.25, -0.2) is 0 Å². The van der Waals surface area contributed by atoms with Gasteiger partial charge in [0.1, 0.15) is 0 Å². The number of hydrogen-bond donors (Lipinski definition) is 1. The standard InChI is InChI=1S/C15H22N4O/c1-4-19(5-2)15-17-14(20-18-15)13-9-7-6-8-12(13)10-11-16-3/h6-9,16H,4-5,10-11H2,1-3H3. The second-order valence-corrected chi connectivity index (χ2v) is 4.58. The van der Waals surface area contributed by atoms with Gasteiger partial charge in [-0.05, 0) is 50.6 Å². The minimum Gasteiger partial charge on any atom is -0.339 e. The van der Waals surface area contributed by atoms with E-state index in [4.69, 9.17) is 4.52 Å². The molecule has 0 aliphatic carbocycles. The Morgan fingerprint density at radius 1 is 1.20 bits per heavy atom. The van der Waals surface area contributed by atoms with Gasteiger partial charge in [0, 0.05) is 18.7 Å². The normalized spacial score (nSPS) is 10.8. The molecule has 0 aliphatic heterocycles. The minimum absolute atomic E-state index is 0.596. The lowest BCUT2D eigenvalue weighted by molar-refractivity contribution is 0.429. The highest BCUT2D eigenvalue weighted by Crippen LogP contribution is 2.24. The van der Waals surface area contributed by atoms with Crippen molar-refractivity contribution >= 4 is 5.95 Å². The SMILES string of the molecule is CCN(CC)c1noc(-c2ccccc2CCNC)n1. The van der Waals surface area contributed by atoms with Gasteiger partial charge in [0.05, 0.1) is 0 Å². The van der Waals surface area contributed by atoms with Crippen LogP contribution in [0.15, 0.2) is 28.8 Å². The van der Waals surface area contributed by atoms with E-state index in [-0.39, 0.29) is 0 Å². The van der Waals surface area contributed by atoms with E-state index in [9.17, 15) is 0 Å². The molecule has 0 amide bonds. The third-order valence-electron chi connectivity index (χ3n) is 3.35. The van der Waals surface area contributed by atoms with E-state index in [1.807, 2.05) is 25.2 Å². The van der Waals surface area contributed by atoms with E-state index in [1.165, 1.54) is 5.56 Å². The molecule has 2 rings (SSSR count). The van der Waals surface area contributed by atoms with Crippen LogP contribution in [0, 0.1) is 0 Å². The molecule has 5 nitrogen and oxygen atoms in total. The van der Waals surface area contributed by atoms with Crippen molar-refractivity contribution in [1.82, 2.24) is 15.5 Å². The molecule has 20 heavy (non-hydrogen) atoms. The van der Waals surface area contributed by atoms with Crippen molar-refractivity contribution in [2.24, 2.45) is 0 Å². The monoisotopic (exact) mass is 274 g/mol. The zero-order valence-corrected chi connectivity index (χ0v) is 12.4. The zero-order valence-electron chi connectivity index (χ0n) is 12.4. The number of hydrogen-bond acceptors (Lipinski definition) is 5. The van der Waals surface area contributed by atoms with Crippen molar-refractivity contribution in [2.45, 2.75) is 20.3 Å². The fourth-order valence-corrected chi connectivity index (χ4v) is 2.17. The lowest BCUT2D eigenvalue weighted by Crippen LogP contribution is -2.22. The van der Waals surface area contributed by atoms with Crippen molar-refractivity contribution in [2.75, 3.05) is 31.6 Å². The molecular formula is C15H22N4O. The molecule has 0 unspecified atom stereocenters. The third kappa shape index (κ3) is 3.17. The number of nitrogens with one attached hydrogen (secondary N) is 1. The molecule has 0 fully saturated rings. The molecule has 0 radical (unpaired) electrons. The molecule has 0 saturated carbocycles. The van der Waals surface area contributed by atoms with Crippen LogP contribution in [0.1, 0.15) is 19.4 Å². The maximum Gasteiger partial charge on any atom is 0.266 e. The van der Waals surface area contributed by atoms with Crippen LogP contribution < -0.4 is 10.2 Å². The van der Waals surface area contributed by atoms with Gasteiger partial charge < -0.3 is 14.7 Å². The number of benzene rings is 1. The number of nitrogens with zero attached hydrogens (tertiary/aromatic N) is 3. The van der Waals surface area contributed by atoms with Gasteiger partial charge >= 0.3 is 0 Å². The van der Waals surface area contributed by atoms with E-state index in [2.05, 4.69) is 40.3 Å². The molecule has 0 bridgehead atoms. The van der Waals surface area contributed by atoms with Crippen molar-refractivity contribution < 1.29 is 4.52 Å². The first kappa shape index (κ1) is 14.5. The highest BCUT2D eigenvalue weighted by Gasteiger charge is 2.15. The summed E-state index contributed by atoms with van der Waals surface area (Å²) in [6, 6.07) is 8.17. The molecule has 1 aromatic carbocycles. The summed E-state index contributed by atoms with van der Waals surface area (Å²) in [6.45, 7) is 6.84. The Morgan fingerprint density at radius 2 is 1.95 bits per heavy atom. The molecule has 0 atom stereocenters. The van der Waals surface area contributed by atoms with E-state index in [0.717, 1.165) is 31.6 Å². The van der Waals surface area contributed by atoms with Crippen LogP contribution in [-0.4, -0.2) is 36.8 Å². The molecule has 1 heterocycles. The van der Waals surface area contributed by atoms with Gasteiger partial charge in [0.15, 0.2) is 0 Å². The summed E-state index contributed by atoms with van der Waals surface area (Å²) in [7, 11) is 1.95. The highest BCUT2D eigenvalue weighted by atomic mass is 16.5. The average molecular weight is 274 g/mol. The Morgan fingerprint density at radius 3 is 2.65 bits per heavy atom. The second kappa shape index (κ2) is 7.05. The summed E-state index contributed by atoms with van der Waals surface area (Å²) in [5, 5.41) is 7.24. The third-order valence-corrected chi connectivity index (χ3v) is 3.35. The Bertz CT molecular complexity index is 534. The Kier molecular flexibility index (Phi) is 5.12. The quantitative estimate of drug-likeness (QED) is 0.840. The Labute approximate surface area is 120 Å². The van der Waals surface area contributed by atoms with Crippen molar-refractivity contribution in [3.05, 3.63) is 29.8 Å². The van der Waals surface area contributed by atoms with E-state index >= 15 is 0 Å². The van der Waals surface area contributed by atoms with Crippen molar-refractivity contribution in [3.63, 3.8) is 0 Å². The lowest BCUT2D eigenvalue weighted by Gasteiger charge is -2.14. The first-order chi connectivity index (χ1) is 9.80. The van der Waals surface area contributed by atoms with Crippen LogP contribution in [0.2, 0.25) is 0 Å². The fraction of sp³-hybridized carbons (Fsp3) is 0.467. The molecule has 0 saturated heterocycles. The number of anilines is 1. The van der Waals surface area contributed by atoms with Crippen LogP contribution in [0.25, 0.3) is 11.5 Å². The predicted octanol–water partition coefficient (Wildman–Crippen LogP) is 2.34. The summed E-state index contributed by atoms with van der Waals surface area (Å²) in [4.78, 5) is 6.59. The van der Waals surface area contributed by atoms with Crippen LogP contribution in [-0.2, 0) is 6.42 Å². The van der Waals surface area contributed by atoms with Gasteiger partial charge in [-0.1, -0.05) is 18.2 Å². The van der Waals surface area contributed by atoms with Gasteiger partial charge in [0.25, 0.3) is 11.8 Å². The topological polar surface area (TPSA) is 54.2 Å². The molecule has 0 aliphatic rings. The van der Waals surface area contributed by atoms with Gasteiger partial charge in [-0.3, -0.25) is 0 Å². The number of rotatable bonds is 7. The molecule has 2 aromatic rings. The van der Waals surface area contributed by atoms with Gasteiger partial charge in [-0.15, -0.1) is 0 Å². The smallest absolute Gasteiger partial charge is 0.266 e. The van der Waals surface area contributed by atoms with Crippen molar-refractivity contribution in [1.29, 1.82) is 0 Å². The zero-order chi connectivity index (χ0) is 14.4. The lowest BCUT2D eigenvalue weighted by atomic mass is 10.0. The van der Waals surface area contributed by atoms with E-state index in [1.54, 1.807) is 0 Å². The number of aromatic nitrogens is 2. The highest BCUT2D eigenvalue weighted by molar-refractivity contribution is 5.59. The second-order valence-electron chi connectivity index (χ2n) is 4.58. The maximum absolute atomic E-state index is 5.43. The predicted molar refractivity (Wildman–Crippen MR) is 80.9 cm³/mol. The summed E-state index contributed by atoms with van der Waals surface area (Å²) in [6.07, 6.45) is 0.940. The molecule has 1 N–H and O–H groups in total. The maximum atomic E-state index is 5.43. The van der Waals surface area contributed by atoms with Crippen molar-refractivity contribution in [3.8, 4) is 11.5 Å². The van der Waals surface area contributed by atoms with E-state index < -0.39 is 0 Å². The van der Waals surface area contributed by atoms with Gasteiger partial charge in [0.2, 0.25) is 0 Å². The summed E-state index contributed by atoms with van der Waals surface area (Å²) in [5.41, 5.74) is 2.24. The van der Waals surface area contributed by atoms with Crippen LogP contribution >= 0.6 is 0 Å². The average Bonchev–Trinajstić information content (AvgIpc) is 2.96. The van der Waals surface area contributed by atoms with Crippen LogP contribution in [0.3, 0.4) is 0 Å². The fourth-order valence-electron chi connectivity index (χ4n) is 2.17. The van der Waals surface area contributed by atoms with E-state index in [0.29, 0.717) is 11.8 Å².